The molecule has 0 spiro atoms. The number of carbonyl (C=O) groups is 2. The molecule has 1 aliphatic rings. The molecule has 1 aromatic rings. The summed E-state index contributed by atoms with van der Waals surface area (Å²) in [6.07, 6.45) is 0.495. The molecule has 29 heavy (non-hydrogen) atoms. The molecule has 0 radical (unpaired) electrons. The maximum absolute atomic E-state index is 11.9. The molecule has 1 aliphatic carbocycles. The normalized spacial score (nSPS) is 23.4. The van der Waals surface area contributed by atoms with Crippen LogP contribution in [0.3, 0.4) is 0 Å². The summed E-state index contributed by atoms with van der Waals surface area (Å²) in [5.41, 5.74) is -1.52. The number of nitro groups is 2. The second-order valence-corrected chi connectivity index (χ2v) is 7.58. The molecule has 0 amide bonds. The van der Waals surface area contributed by atoms with Gasteiger partial charge in [0, 0.05) is 11.5 Å². The van der Waals surface area contributed by atoms with Gasteiger partial charge < -0.3 is 10.2 Å². The van der Waals surface area contributed by atoms with E-state index in [0.717, 1.165) is 18.2 Å². The second kappa shape index (κ2) is 7.45. The number of benzene rings is 1. The van der Waals surface area contributed by atoms with E-state index in [0.29, 0.717) is 0 Å². The van der Waals surface area contributed by atoms with Crippen LogP contribution in [-0.4, -0.2) is 37.7 Å². The van der Waals surface area contributed by atoms with Gasteiger partial charge in [-0.1, -0.05) is 20.8 Å². The zero-order valence-corrected chi connectivity index (χ0v) is 15.9. The summed E-state index contributed by atoms with van der Waals surface area (Å²) in [4.78, 5) is 43.9. The number of aliphatic carboxylic acids is 2. The Morgan fingerprint density at radius 2 is 1.79 bits per heavy atom. The topological polar surface area (TPSA) is 185 Å². The minimum atomic E-state index is -1.40. The van der Waals surface area contributed by atoms with Crippen molar-refractivity contribution in [1.82, 2.24) is 0 Å². The van der Waals surface area contributed by atoms with Gasteiger partial charge in [0.25, 0.3) is 5.69 Å². The molecule has 3 N–H and O–H groups in total. The largest absolute Gasteiger partial charge is 0.481 e. The first-order chi connectivity index (χ1) is 13.3. The van der Waals surface area contributed by atoms with Crippen molar-refractivity contribution < 1.29 is 29.6 Å². The van der Waals surface area contributed by atoms with Crippen molar-refractivity contribution in [2.45, 2.75) is 33.6 Å². The Kier molecular flexibility index (Phi) is 5.58. The molecular formula is C17H20N4O8. The van der Waals surface area contributed by atoms with Gasteiger partial charge in [-0.25, -0.2) is 4.79 Å². The molecule has 0 saturated heterocycles. The highest BCUT2D eigenvalue weighted by molar-refractivity contribution is 6.38. The van der Waals surface area contributed by atoms with Gasteiger partial charge in [0.2, 0.25) is 0 Å². The number of nitro benzene ring substituents is 2. The summed E-state index contributed by atoms with van der Waals surface area (Å²) in [6.45, 7) is 4.88. The van der Waals surface area contributed by atoms with Gasteiger partial charge in [-0.05, 0) is 24.3 Å². The van der Waals surface area contributed by atoms with Gasteiger partial charge in [0.15, 0.2) is 5.71 Å². The average molecular weight is 408 g/mol. The van der Waals surface area contributed by atoms with Gasteiger partial charge in [0.05, 0.1) is 21.8 Å². The van der Waals surface area contributed by atoms with Crippen molar-refractivity contribution in [1.29, 1.82) is 0 Å². The number of nitrogens with one attached hydrogen (secondary N) is 1. The Labute approximate surface area is 164 Å². The molecule has 0 bridgehead atoms. The first kappa shape index (κ1) is 21.7. The number of carboxylic acids is 2. The lowest BCUT2D eigenvalue weighted by Crippen LogP contribution is -2.46. The van der Waals surface area contributed by atoms with Crippen molar-refractivity contribution in [3.63, 3.8) is 0 Å². The Balaban J connectivity index is 2.48. The number of hydrogen-bond donors (Lipinski definition) is 3. The van der Waals surface area contributed by atoms with Crippen molar-refractivity contribution in [2.24, 2.45) is 21.8 Å². The van der Waals surface area contributed by atoms with Crippen LogP contribution in [0.4, 0.5) is 17.1 Å². The molecule has 0 heterocycles. The zero-order valence-electron chi connectivity index (χ0n) is 15.9. The highest BCUT2D eigenvalue weighted by Gasteiger charge is 2.58. The molecule has 2 rings (SSSR count). The monoisotopic (exact) mass is 408 g/mol. The quantitative estimate of drug-likeness (QED) is 0.346. The van der Waals surface area contributed by atoms with Crippen LogP contribution in [-0.2, 0) is 9.59 Å². The highest BCUT2D eigenvalue weighted by Crippen LogP contribution is 2.56. The predicted molar refractivity (Wildman–Crippen MR) is 101 cm³/mol. The van der Waals surface area contributed by atoms with Crippen LogP contribution in [0.2, 0.25) is 0 Å². The van der Waals surface area contributed by atoms with Gasteiger partial charge in [-0.2, -0.15) is 5.10 Å². The number of carboxylic acid groups (broad SMARTS) is 2. The van der Waals surface area contributed by atoms with Gasteiger partial charge in [-0.3, -0.25) is 30.4 Å². The standard InChI is InChI=1S/C17H20N4O8/c1-16(2)10(14(22)23)6-7-17(16,3)13(15(24)25)19-18-11-5-4-9(20(26)27)8-12(11)21(28)29/h4-5,8,10,18H,6-7H2,1-3H3,(H,22,23)(H,24,25)/t10-,17-/m1/s1. The first-order valence-electron chi connectivity index (χ1n) is 8.56. The van der Waals surface area contributed by atoms with Crippen LogP contribution in [0.5, 0.6) is 0 Å². The van der Waals surface area contributed by atoms with E-state index in [1.165, 1.54) is 0 Å². The summed E-state index contributed by atoms with van der Waals surface area (Å²) >= 11 is 0. The van der Waals surface area contributed by atoms with E-state index >= 15 is 0 Å². The van der Waals surface area contributed by atoms with Gasteiger partial charge in [-0.15, -0.1) is 0 Å². The Bertz CT molecular complexity index is 926. The first-order valence-corrected chi connectivity index (χ1v) is 8.56. The number of non-ortho nitro benzene ring substituents is 1. The molecular weight excluding hydrogens is 388 g/mol. The third-order valence-electron chi connectivity index (χ3n) is 5.93. The highest BCUT2D eigenvalue weighted by atomic mass is 16.6. The van der Waals surface area contributed by atoms with Crippen LogP contribution in [0.15, 0.2) is 23.3 Å². The SMILES string of the molecule is CC1(C)[C@@H](C(=O)O)CC[C@]1(C)C(=NNc1ccc([N+](=O)[O-])cc1[N+](=O)[O-])C(=O)O. The second-order valence-electron chi connectivity index (χ2n) is 7.58. The van der Waals surface area contributed by atoms with Crippen LogP contribution < -0.4 is 5.43 Å². The maximum atomic E-state index is 11.9. The molecule has 1 saturated carbocycles. The van der Waals surface area contributed by atoms with Crippen LogP contribution in [0.25, 0.3) is 0 Å². The summed E-state index contributed by atoms with van der Waals surface area (Å²) in [5.74, 6) is -3.23. The van der Waals surface area contributed by atoms with Crippen molar-refractivity contribution in [3.8, 4) is 0 Å². The fourth-order valence-electron chi connectivity index (χ4n) is 3.76. The molecule has 1 aromatic carbocycles. The Hall–Kier alpha value is -3.57. The summed E-state index contributed by atoms with van der Waals surface area (Å²) in [6, 6.07) is 2.81. The molecule has 12 heteroatoms. The lowest BCUT2D eigenvalue weighted by molar-refractivity contribution is -0.393. The number of nitrogens with zero attached hydrogens (tertiary/aromatic N) is 3. The molecule has 2 atom stereocenters. The summed E-state index contributed by atoms with van der Waals surface area (Å²) in [7, 11) is 0. The number of anilines is 1. The van der Waals surface area contributed by atoms with Crippen LogP contribution >= 0.6 is 0 Å². The summed E-state index contributed by atoms with van der Waals surface area (Å²) < 4.78 is 0. The molecule has 156 valence electrons. The molecule has 0 aliphatic heterocycles. The van der Waals surface area contributed by atoms with E-state index < -0.39 is 49.9 Å². The molecule has 0 unspecified atom stereocenters. The van der Waals surface area contributed by atoms with E-state index in [2.05, 4.69) is 10.5 Å². The Morgan fingerprint density at radius 3 is 2.24 bits per heavy atom. The number of rotatable bonds is 7. The van der Waals surface area contributed by atoms with E-state index in [-0.39, 0.29) is 24.2 Å². The summed E-state index contributed by atoms with van der Waals surface area (Å²) in [5, 5.41) is 45.0. The Morgan fingerprint density at radius 1 is 1.17 bits per heavy atom. The third-order valence-corrected chi connectivity index (χ3v) is 5.93. The fourth-order valence-corrected chi connectivity index (χ4v) is 3.76. The molecule has 1 fully saturated rings. The average Bonchev–Trinajstić information content (AvgIpc) is 2.84. The lowest BCUT2D eigenvalue weighted by Gasteiger charge is -2.39. The number of hydrazone groups is 1. The van der Waals surface area contributed by atoms with E-state index in [1.54, 1.807) is 20.8 Å². The molecule has 0 aromatic heterocycles. The van der Waals surface area contributed by atoms with Crippen molar-refractivity contribution in [3.05, 3.63) is 38.4 Å². The van der Waals surface area contributed by atoms with Crippen molar-refractivity contribution >= 4 is 34.7 Å². The smallest absolute Gasteiger partial charge is 0.352 e. The third kappa shape index (κ3) is 3.73. The lowest BCUT2D eigenvalue weighted by atomic mass is 9.63. The number of hydrogen-bond acceptors (Lipinski definition) is 8. The van der Waals surface area contributed by atoms with Gasteiger partial charge >= 0.3 is 17.6 Å². The minimum absolute atomic E-state index is 0.228. The predicted octanol–water partition coefficient (Wildman–Crippen LogP) is 2.88. The van der Waals surface area contributed by atoms with E-state index in [1.807, 2.05) is 0 Å². The fraction of sp³-hybridized carbons (Fsp3) is 0.471. The van der Waals surface area contributed by atoms with Crippen molar-refractivity contribution in [2.75, 3.05) is 5.43 Å². The molecule has 12 nitrogen and oxygen atoms in total. The zero-order chi connectivity index (χ0) is 22.1. The minimum Gasteiger partial charge on any atom is -0.481 e. The van der Waals surface area contributed by atoms with E-state index in [9.17, 15) is 40.0 Å². The van der Waals surface area contributed by atoms with E-state index in [4.69, 9.17) is 0 Å². The van der Waals surface area contributed by atoms with Gasteiger partial charge in [0.1, 0.15) is 5.69 Å². The van der Waals surface area contributed by atoms with Crippen LogP contribution in [0.1, 0.15) is 33.6 Å². The maximum Gasteiger partial charge on any atom is 0.352 e. The van der Waals surface area contributed by atoms with Crippen LogP contribution in [0, 0.1) is 37.0 Å².